The first kappa shape index (κ1) is 16.5. The van der Waals surface area contributed by atoms with Gasteiger partial charge in [-0.05, 0) is 35.2 Å². The molecule has 1 atom stereocenters. The first-order chi connectivity index (χ1) is 11.3. The quantitative estimate of drug-likeness (QED) is 0.929. The largest absolute Gasteiger partial charge is 0.480 e. The van der Waals surface area contributed by atoms with E-state index in [4.69, 9.17) is 0 Å². The first-order valence-corrected chi connectivity index (χ1v) is 7.54. The standard InChI is InChI=1S/C18H16F3NO2/c19-18(20,21)15-7-5-12(6-8-15)10-22-11-14-4-2-1-3-13(14)9-16(22)17(23)24/h1-8,16H,9-11H2,(H,23,24). The van der Waals surface area contributed by atoms with E-state index in [-0.39, 0.29) is 0 Å². The second-order valence-corrected chi connectivity index (χ2v) is 5.93. The Bertz CT molecular complexity index is 741. The minimum absolute atomic E-state index is 0.295. The molecule has 0 aromatic heterocycles. The predicted molar refractivity (Wildman–Crippen MR) is 82.3 cm³/mol. The molecule has 1 unspecified atom stereocenters. The van der Waals surface area contributed by atoms with E-state index >= 15 is 0 Å². The molecule has 6 heteroatoms. The van der Waals surface area contributed by atoms with E-state index in [2.05, 4.69) is 0 Å². The smallest absolute Gasteiger partial charge is 0.416 e. The summed E-state index contributed by atoms with van der Waals surface area (Å²) in [7, 11) is 0. The zero-order valence-corrected chi connectivity index (χ0v) is 12.8. The zero-order chi connectivity index (χ0) is 17.3. The van der Waals surface area contributed by atoms with E-state index in [1.807, 2.05) is 24.3 Å². The lowest BCUT2D eigenvalue weighted by molar-refractivity contribution is -0.144. The van der Waals surface area contributed by atoms with Crippen LogP contribution in [0.25, 0.3) is 0 Å². The van der Waals surface area contributed by atoms with Crippen molar-refractivity contribution in [3.05, 3.63) is 70.8 Å². The number of carboxylic acid groups (broad SMARTS) is 1. The number of carbonyl (C=O) groups is 1. The Labute approximate surface area is 137 Å². The summed E-state index contributed by atoms with van der Waals surface area (Å²) in [6, 6.07) is 11.8. The molecule has 0 radical (unpaired) electrons. The van der Waals surface area contributed by atoms with Crippen molar-refractivity contribution in [2.24, 2.45) is 0 Å². The molecule has 0 saturated heterocycles. The molecule has 0 aliphatic carbocycles. The third-order valence-corrected chi connectivity index (χ3v) is 4.30. The number of nitrogens with zero attached hydrogens (tertiary/aromatic N) is 1. The van der Waals surface area contributed by atoms with Crippen LogP contribution in [0.4, 0.5) is 13.2 Å². The molecule has 1 N–H and O–H groups in total. The number of rotatable bonds is 3. The molecule has 1 aliphatic rings. The number of alkyl halides is 3. The van der Waals surface area contributed by atoms with E-state index in [1.165, 1.54) is 12.1 Å². The van der Waals surface area contributed by atoms with Gasteiger partial charge in [-0.2, -0.15) is 13.2 Å². The van der Waals surface area contributed by atoms with Crippen molar-refractivity contribution in [1.29, 1.82) is 0 Å². The van der Waals surface area contributed by atoms with Gasteiger partial charge in [0.05, 0.1) is 5.56 Å². The fourth-order valence-electron chi connectivity index (χ4n) is 3.02. The number of fused-ring (bicyclic) bond motifs is 1. The summed E-state index contributed by atoms with van der Waals surface area (Å²) in [5.74, 6) is -0.920. The number of hydrogen-bond donors (Lipinski definition) is 1. The van der Waals surface area contributed by atoms with Crippen LogP contribution < -0.4 is 0 Å². The molecule has 2 aromatic carbocycles. The molecule has 1 aliphatic heterocycles. The monoisotopic (exact) mass is 335 g/mol. The van der Waals surface area contributed by atoms with E-state index < -0.39 is 23.8 Å². The lowest BCUT2D eigenvalue weighted by Gasteiger charge is -2.34. The summed E-state index contributed by atoms with van der Waals surface area (Å²) in [6.45, 7) is 0.762. The first-order valence-electron chi connectivity index (χ1n) is 7.54. The lowest BCUT2D eigenvalue weighted by Crippen LogP contribution is -2.45. The Balaban J connectivity index is 1.81. The average Bonchev–Trinajstić information content (AvgIpc) is 2.53. The highest BCUT2D eigenvalue weighted by atomic mass is 19.4. The van der Waals surface area contributed by atoms with Gasteiger partial charge in [0.25, 0.3) is 0 Å². The minimum Gasteiger partial charge on any atom is -0.480 e. The van der Waals surface area contributed by atoms with Gasteiger partial charge in [-0.25, -0.2) is 0 Å². The Kier molecular flexibility index (Phi) is 4.32. The van der Waals surface area contributed by atoms with Crippen LogP contribution in [0, 0.1) is 0 Å². The highest BCUT2D eigenvalue weighted by Gasteiger charge is 2.32. The van der Waals surface area contributed by atoms with Crippen LogP contribution in [0.15, 0.2) is 48.5 Å². The molecule has 24 heavy (non-hydrogen) atoms. The summed E-state index contributed by atoms with van der Waals surface area (Å²) in [5, 5.41) is 9.47. The Morgan fingerprint density at radius 1 is 1.08 bits per heavy atom. The number of aliphatic carboxylic acids is 1. The van der Waals surface area contributed by atoms with Gasteiger partial charge in [-0.1, -0.05) is 36.4 Å². The summed E-state index contributed by atoms with van der Waals surface area (Å²) in [6.07, 6.45) is -3.97. The maximum absolute atomic E-state index is 12.6. The van der Waals surface area contributed by atoms with Crippen molar-refractivity contribution in [2.45, 2.75) is 31.7 Å². The Morgan fingerprint density at radius 3 is 2.29 bits per heavy atom. The van der Waals surface area contributed by atoms with Crippen molar-refractivity contribution in [2.75, 3.05) is 0 Å². The third-order valence-electron chi connectivity index (χ3n) is 4.30. The summed E-state index contributed by atoms with van der Waals surface area (Å²) in [4.78, 5) is 13.3. The van der Waals surface area contributed by atoms with E-state index in [0.717, 1.165) is 23.3 Å². The maximum atomic E-state index is 12.6. The molecule has 2 aromatic rings. The highest BCUT2D eigenvalue weighted by molar-refractivity contribution is 5.74. The number of benzene rings is 2. The van der Waals surface area contributed by atoms with Gasteiger partial charge in [0.15, 0.2) is 0 Å². The number of halogens is 3. The molecule has 0 fully saturated rings. The van der Waals surface area contributed by atoms with Gasteiger partial charge in [0.1, 0.15) is 6.04 Å². The van der Waals surface area contributed by atoms with Crippen molar-refractivity contribution in [1.82, 2.24) is 4.90 Å². The second kappa shape index (κ2) is 6.28. The van der Waals surface area contributed by atoms with Crippen LogP contribution in [0.3, 0.4) is 0 Å². The van der Waals surface area contributed by atoms with Gasteiger partial charge in [0.2, 0.25) is 0 Å². The normalized spacial score (nSPS) is 18.2. The fraction of sp³-hybridized carbons (Fsp3) is 0.278. The Hall–Kier alpha value is -2.34. The molecule has 0 saturated carbocycles. The maximum Gasteiger partial charge on any atom is 0.416 e. The number of hydrogen-bond acceptors (Lipinski definition) is 2. The van der Waals surface area contributed by atoms with E-state index in [0.29, 0.717) is 25.1 Å². The molecule has 0 bridgehead atoms. The average molecular weight is 335 g/mol. The van der Waals surface area contributed by atoms with Crippen LogP contribution in [-0.2, 0) is 30.5 Å². The SMILES string of the molecule is O=C(O)C1Cc2ccccc2CN1Cc1ccc(C(F)(F)F)cc1. The van der Waals surface area contributed by atoms with Gasteiger partial charge in [-0.15, -0.1) is 0 Å². The molecule has 0 spiro atoms. The van der Waals surface area contributed by atoms with Gasteiger partial charge in [-0.3, -0.25) is 9.69 Å². The lowest BCUT2D eigenvalue weighted by atomic mass is 9.93. The molecular weight excluding hydrogens is 319 g/mol. The van der Waals surface area contributed by atoms with Crippen LogP contribution in [0.2, 0.25) is 0 Å². The predicted octanol–water partition coefficient (Wildman–Crippen LogP) is 3.72. The number of carboxylic acids is 1. The fourth-order valence-corrected chi connectivity index (χ4v) is 3.02. The molecule has 0 amide bonds. The molecule has 3 nitrogen and oxygen atoms in total. The molecule has 126 valence electrons. The van der Waals surface area contributed by atoms with Crippen LogP contribution in [0.1, 0.15) is 22.3 Å². The second-order valence-electron chi connectivity index (χ2n) is 5.93. The highest BCUT2D eigenvalue weighted by Crippen LogP contribution is 2.30. The van der Waals surface area contributed by atoms with Crippen molar-refractivity contribution >= 4 is 5.97 Å². The van der Waals surface area contributed by atoms with Crippen LogP contribution >= 0.6 is 0 Å². The van der Waals surface area contributed by atoms with Crippen LogP contribution in [-0.4, -0.2) is 22.0 Å². The van der Waals surface area contributed by atoms with Crippen LogP contribution in [0.5, 0.6) is 0 Å². The topological polar surface area (TPSA) is 40.5 Å². The van der Waals surface area contributed by atoms with Crippen molar-refractivity contribution in [3.8, 4) is 0 Å². The van der Waals surface area contributed by atoms with Crippen molar-refractivity contribution in [3.63, 3.8) is 0 Å². The van der Waals surface area contributed by atoms with E-state index in [1.54, 1.807) is 4.90 Å². The van der Waals surface area contributed by atoms with Gasteiger partial charge >= 0.3 is 12.1 Å². The molecule has 3 rings (SSSR count). The molecule has 1 heterocycles. The molecular formula is C18H16F3NO2. The zero-order valence-electron chi connectivity index (χ0n) is 12.8. The summed E-state index contributed by atoms with van der Waals surface area (Å²) < 4.78 is 37.9. The minimum atomic E-state index is -4.37. The van der Waals surface area contributed by atoms with Crippen molar-refractivity contribution < 1.29 is 23.1 Å². The van der Waals surface area contributed by atoms with Gasteiger partial charge in [0, 0.05) is 13.1 Å². The third kappa shape index (κ3) is 3.43. The van der Waals surface area contributed by atoms with Gasteiger partial charge < -0.3 is 5.11 Å². The van der Waals surface area contributed by atoms with E-state index in [9.17, 15) is 23.1 Å². The summed E-state index contributed by atoms with van der Waals surface area (Å²) >= 11 is 0. The Morgan fingerprint density at radius 2 is 1.71 bits per heavy atom. The summed E-state index contributed by atoms with van der Waals surface area (Å²) in [5.41, 5.74) is 2.02.